The van der Waals surface area contributed by atoms with E-state index < -0.39 is 5.97 Å². The van der Waals surface area contributed by atoms with E-state index in [0.29, 0.717) is 17.9 Å². The number of carbonyl (C=O) groups is 2. The van der Waals surface area contributed by atoms with Crippen LogP contribution in [0.25, 0.3) is 0 Å². The highest BCUT2D eigenvalue weighted by Crippen LogP contribution is 2.39. The zero-order chi connectivity index (χ0) is 13.6. The summed E-state index contributed by atoms with van der Waals surface area (Å²) < 4.78 is 1.55. The Kier molecular flexibility index (Phi) is 2.80. The quantitative estimate of drug-likeness (QED) is 0.806. The first-order chi connectivity index (χ1) is 8.34. The van der Waals surface area contributed by atoms with Gasteiger partial charge in [0.25, 0.3) is 0 Å². The molecule has 1 aliphatic rings. The maximum Gasteiger partial charge on any atom is 0.354 e. The van der Waals surface area contributed by atoms with Crippen molar-refractivity contribution in [1.29, 1.82) is 0 Å². The Labute approximate surface area is 105 Å². The van der Waals surface area contributed by atoms with E-state index >= 15 is 0 Å². The van der Waals surface area contributed by atoms with Gasteiger partial charge in [-0.3, -0.25) is 4.79 Å². The van der Waals surface area contributed by atoms with Gasteiger partial charge in [0.15, 0.2) is 5.69 Å². The van der Waals surface area contributed by atoms with E-state index in [4.69, 9.17) is 0 Å². The molecule has 1 amide bonds. The first-order valence-corrected chi connectivity index (χ1v) is 5.78. The van der Waals surface area contributed by atoms with Gasteiger partial charge in [-0.15, -0.1) is 0 Å². The van der Waals surface area contributed by atoms with Crippen LogP contribution in [0.2, 0.25) is 0 Å². The summed E-state index contributed by atoms with van der Waals surface area (Å²) in [6.07, 6.45) is 1.70. The Bertz CT molecular complexity index is 521. The number of carbonyl (C=O) groups excluding carboxylic acids is 1. The molecule has 98 valence electrons. The molecule has 18 heavy (non-hydrogen) atoms. The summed E-state index contributed by atoms with van der Waals surface area (Å²) in [6, 6.07) is 0.0315. The van der Waals surface area contributed by atoms with E-state index in [1.807, 2.05) is 18.9 Å². The molecule has 1 aromatic heterocycles. The maximum atomic E-state index is 11.7. The molecule has 1 unspecified atom stereocenters. The zero-order valence-electron chi connectivity index (χ0n) is 11.0. The molecule has 0 saturated carbocycles. The van der Waals surface area contributed by atoms with E-state index in [9.17, 15) is 14.7 Å². The molecule has 1 aliphatic heterocycles. The number of hydrogen-bond acceptors (Lipinski definition) is 3. The fourth-order valence-electron chi connectivity index (χ4n) is 2.69. The van der Waals surface area contributed by atoms with E-state index in [1.165, 1.54) is 6.92 Å². The number of anilines is 2. The first kappa shape index (κ1) is 12.5. The Balaban J connectivity index is 2.66. The Morgan fingerprint density at radius 3 is 2.50 bits per heavy atom. The lowest BCUT2D eigenvalue weighted by Gasteiger charge is -2.38. The maximum absolute atomic E-state index is 11.7. The van der Waals surface area contributed by atoms with Crippen molar-refractivity contribution in [2.45, 2.75) is 19.9 Å². The van der Waals surface area contributed by atoms with Crippen LogP contribution in [-0.4, -0.2) is 41.2 Å². The van der Waals surface area contributed by atoms with Crippen LogP contribution in [0.1, 0.15) is 24.3 Å². The second kappa shape index (κ2) is 4.04. The van der Waals surface area contributed by atoms with Crippen LogP contribution >= 0.6 is 0 Å². The minimum atomic E-state index is -0.983. The summed E-state index contributed by atoms with van der Waals surface area (Å²) in [5.41, 5.74) is 1.49. The van der Waals surface area contributed by atoms with Gasteiger partial charge in [0.05, 0.1) is 17.4 Å². The zero-order valence-corrected chi connectivity index (χ0v) is 11.0. The number of amides is 1. The summed E-state index contributed by atoms with van der Waals surface area (Å²) in [5.74, 6) is -1.05. The molecule has 2 heterocycles. The van der Waals surface area contributed by atoms with Crippen molar-refractivity contribution in [3.05, 3.63) is 11.9 Å². The fraction of sp³-hybridized carbons (Fsp3) is 0.500. The summed E-state index contributed by atoms with van der Waals surface area (Å²) in [6.45, 7) is 4.07. The number of aromatic nitrogens is 1. The van der Waals surface area contributed by atoms with Crippen molar-refractivity contribution >= 4 is 23.3 Å². The number of hydrogen-bond donors (Lipinski definition) is 1. The predicted octanol–water partition coefficient (Wildman–Crippen LogP) is 0.914. The van der Waals surface area contributed by atoms with Crippen molar-refractivity contribution in [3.63, 3.8) is 0 Å². The van der Waals surface area contributed by atoms with Crippen LogP contribution in [0.15, 0.2) is 6.20 Å². The lowest BCUT2D eigenvalue weighted by atomic mass is 10.1. The van der Waals surface area contributed by atoms with Gasteiger partial charge in [-0.25, -0.2) is 4.79 Å². The standard InChI is InChI=1S/C12H17N3O3/c1-7-5-13(3)10-9(15(7)8(2)16)6-14(4)11(10)12(17)18/h6-7H,5H2,1-4H3,(H,17,18). The van der Waals surface area contributed by atoms with E-state index in [0.717, 1.165) is 0 Å². The molecule has 0 bridgehead atoms. The van der Waals surface area contributed by atoms with Crippen molar-refractivity contribution in [3.8, 4) is 0 Å². The van der Waals surface area contributed by atoms with E-state index in [-0.39, 0.29) is 17.6 Å². The molecular formula is C12H17N3O3. The molecular weight excluding hydrogens is 234 g/mol. The smallest absolute Gasteiger partial charge is 0.354 e. The summed E-state index contributed by atoms with van der Waals surface area (Å²) >= 11 is 0. The highest BCUT2D eigenvalue weighted by Gasteiger charge is 2.34. The van der Waals surface area contributed by atoms with Crippen molar-refractivity contribution in [2.75, 3.05) is 23.4 Å². The molecule has 0 spiro atoms. The van der Waals surface area contributed by atoms with E-state index in [2.05, 4.69) is 0 Å². The average molecular weight is 251 g/mol. The highest BCUT2D eigenvalue weighted by molar-refractivity contribution is 6.04. The van der Waals surface area contributed by atoms with Gasteiger partial charge >= 0.3 is 5.97 Å². The summed E-state index contributed by atoms with van der Waals surface area (Å²) in [7, 11) is 3.53. The number of carboxylic acid groups (broad SMARTS) is 1. The van der Waals surface area contributed by atoms with Crippen LogP contribution in [0.5, 0.6) is 0 Å². The van der Waals surface area contributed by atoms with Crippen LogP contribution in [0.4, 0.5) is 11.4 Å². The normalized spacial score (nSPS) is 18.8. The van der Waals surface area contributed by atoms with Crippen LogP contribution in [0.3, 0.4) is 0 Å². The third kappa shape index (κ3) is 1.64. The second-order valence-electron chi connectivity index (χ2n) is 4.75. The molecule has 2 rings (SSSR count). The summed E-state index contributed by atoms with van der Waals surface area (Å²) in [4.78, 5) is 26.6. The number of rotatable bonds is 1. The monoisotopic (exact) mass is 251 g/mol. The predicted molar refractivity (Wildman–Crippen MR) is 68.3 cm³/mol. The van der Waals surface area contributed by atoms with Gasteiger partial charge in [0.2, 0.25) is 5.91 Å². The van der Waals surface area contributed by atoms with E-state index in [1.54, 1.807) is 22.7 Å². The molecule has 1 atom stereocenters. The SMILES string of the molecule is CC(=O)N1c2cn(C)c(C(=O)O)c2N(C)CC1C. The van der Waals surface area contributed by atoms with Gasteiger partial charge < -0.3 is 19.5 Å². The topological polar surface area (TPSA) is 65.8 Å². The number of likely N-dealkylation sites (N-methyl/N-ethyl adjacent to an activating group) is 1. The average Bonchev–Trinajstić information content (AvgIpc) is 2.54. The van der Waals surface area contributed by atoms with Crippen molar-refractivity contribution in [1.82, 2.24) is 4.57 Å². The van der Waals surface area contributed by atoms with Gasteiger partial charge in [0, 0.05) is 33.8 Å². The number of carboxylic acids is 1. The minimum Gasteiger partial charge on any atom is -0.477 e. The molecule has 0 saturated heterocycles. The Morgan fingerprint density at radius 1 is 1.39 bits per heavy atom. The molecule has 0 aromatic carbocycles. The first-order valence-electron chi connectivity index (χ1n) is 5.78. The number of nitrogens with zero attached hydrogens (tertiary/aromatic N) is 3. The second-order valence-corrected chi connectivity index (χ2v) is 4.75. The minimum absolute atomic E-state index is 0.0315. The largest absolute Gasteiger partial charge is 0.477 e. The molecule has 0 aliphatic carbocycles. The van der Waals surface area contributed by atoms with Gasteiger partial charge in [0.1, 0.15) is 0 Å². The van der Waals surface area contributed by atoms with Crippen LogP contribution in [0, 0.1) is 0 Å². The van der Waals surface area contributed by atoms with Crippen molar-refractivity contribution in [2.24, 2.45) is 7.05 Å². The lowest BCUT2D eigenvalue weighted by molar-refractivity contribution is -0.117. The van der Waals surface area contributed by atoms with Gasteiger partial charge in [-0.05, 0) is 6.92 Å². The molecule has 0 fully saturated rings. The number of fused-ring (bicyclic) bond motifs is 1. The summed E-state index contributed by atoms with van der Waals surface area (Å²) in [5, 5.41) is 9.27. The molecule has 1 aromatic rings. The molecule has 6 heteroatoms. The highest BCUT2D eigenvalue weighted by atomic mass is 16.4. The number of aromatic carboxylic acids is 1. The number of aryl methyl sites for hydroxylation is 1. The Hall–Kier alpha value is -1.98. The third-order valence-corrected chi connectivity index (χ3v) is 3.30. The fourth-order valence-corrected chi connectivity index (χ4v) is 2.69. The lowest BCUT2D eigenvalue weighted by Crippen LogP contribution is -2.48. The molecule has 0 radical (unpaired) electrons. The van der Waals surface area contributed by atoms with Crippen molar-refractivity contribution < 1.29 is 14.7 Å². The Morgan fingerprint density at radius 2 is 2.00 bits per heavy atom. The van der Waals surface area contributed by atoms with Crippen LogP contribution < -0.4 is 9.80 Å². The third-order valence-electron chi connectivity index (χ3n) is 3.30. The van der Waals surface area contributed by atoms with Gasteiger partial charge in [-0.1, -0.05) is 0 Å². The molecule has 1 N–H and O–H groups in total. The van der Waals surface area contributed by atoms with Gasteiger partial charge in [-0.2, -0.15) is 0 Å². The van der Waals surface area contributed by atoms with Crippen LogP contribution in [-0.2, 0) is 11.8 Å². The molecule has 6 nitrogen and oxygen atoms in total.